The zero-order chi connectivity index (χ0) is 18.6. The number of benzene rings is 1. The fourth-order valence-corrected chi connectivity index (χ4v) is 5.27. The van der Waals surface area contributed by atoms with Gasteiger partial charge in [0.05, 0.1) is 0 Å². The van der Waals surface area contributed by atoms with E-state index in [-0.39, 0.29) is 11.9 Å². The van der Waals surface area contributed by atoms with Crippen molar-refractivity contribution in [1.82, 2.24) is 13.9 Å². The summed E-state index contributed by atoms with van der Waals surface area (Å²) in [6.07, 6.45) is 5.06. The third-order valence-corrected chi connectivity index (χ3v) is 7.03. The number of aryl methyl sites for hydroxylation is 1. The Balaban J connectivity index is 1.46. The van der Waals surface area contributed by atoms with Crippen LogP contribution in [0.5, 0.6) is 0 Å². The van der Waals surface area contributed by atoms with E-state index in [4.69, 9.17) is 11.6 Å². The molecule has 8 heteroatoms. The Hall–Kier alpha value is -1.15. The summed E-state index contributed by atoms with van der Waals surface area (Å²) in [6, 6.07) is 7.58. The van der Waals surface area contributed by atoms with Crippen LogP contribution in [0.15, 0.2) is 24.3 Å². The van der Waals surface area contributed by atoms with Gasteiger partial charge in [0.15, 0.2) is 0 Å². The van der Waals surface area contributed by atoms with Crippen molar-refractivity contribution in [2.45, 2.75) is 44.6 Å². The zero-order valence-electron chi connectivity index (χ0n) is 14.9. The highest BCUT2D eigenvalue weighted by atomic mass is 35.5. The summed E-state index contributed by atoms with van der Waals surface area (Å²) in [5, 5.41) is 0.670. The highest BCUT2D eigenvalue weighted by molar-refractivity contribution is 7.87. The standard InChI is InChI=1S/C18H26ClN3O3S/c19-16-5-3-4-15(14-16)8-9-18(23)21-10-12-22(13-11-21)26(24,25)20-17-6-1-2-7-17/h3-5,14,17,20H,1-2,6-13H2. The Bertz CT molecular complexity index is 727. The van der Waals surface area contributed by atoms with Crippen LogP contribution in [-0.4, -0.2) is 55.8 Å². The average Bonchev–Trinajstić information content (AvgIpc) is 3.12. The maximum Gasteiger partial charge on any atom is 0.279 e. The topological polar surface area (TPSA) is 69.7 Å². The molecule has 1 aromatic rings. The minimum absolute atomic E-state index is 0.0609. The number of hydrogen-bond acceptors (Lipinski definition) is 3. The fraction of sp³-hybridized carbons (Fsp3) is 0.611. The summed E-state index contributed by atoms with van der Waals surface area (Å²) in [7, 11) is -3.45. The highest BCUT2D eigenvalue weighted by Gasteiger charge is 2.31. The molecule has 2 aliphatic rings. The van der Waals surface area contributed by atoms with E-state index in [9.17, 15) is 13.2 Å². The molecule has 1 aliphatic heterocycles. The smallest absolute Gasteiger partial charge is 0.279 e. The molecule has 1 aliphatic carbocycles. The molecule has 144 valence electrons. The van der Waals surface area contributed by atoms with Gasteiger partial charge in [-0.1, -0.05) is 36.6 Å². The molecule has 2 fully saturated rings. The number of halogens is 1. The SMILES string of the molecule is O=C(CCc1cccc(Cl)c1)N1CCN(S(=O)(=O)NC2CCCC2)CC1. The maximum absolute atomic E-state index is 12.5. The van der Waals surface area contributed by atoms with Gasteiger partial charge in [0.25, 0.3) is 10.2 Å². The molecule has 26 heavy (non-hydrogen) atoms. The molecule has 6 nitrogen and oxygen atoms in total. The number of amides is 1. The van der Waals surface area contributed by atoms with E-state index in [0.29, 0.717) is 44.0 Å². The molecule has 0 spiro atoms. The van der Waals surface area contributed by atoms with Gasteiger partial charge in [0.1, 0.15) is 0 Å². The summed E-state index contributed by atoms with van der Waals surface area (Å²) < 4.78 is 29.2. The van der Waals surface area contributed by atoms with Crippen LogP contribution in [0.4, 0.5) is 0 Å². The molecule has 1 N–H and O–H groups in total. The second kappa shape index (κ2) is 8.69. The quantitative estimate of drug-likeness (QED) is 0.797. The molecule has 0 aromatic heterocycles. The lowest BCUT2D eigenvalue weighted by molar-refractivity contribution is -0.132. The first kappa shape index (κ1) is 19.6. The number of nitrogens with zero attached hydrogens (tertiary/aromatic N) is 2. The molecule has 1 aromatic carbocycles. The summed E-state index contributed by atoms with van der Waals surface area (Å²) in [4.78, 5) is 14.2. The first-order valence-electron chi connectivity index (χ1n) is 9.24. The van der Waals surface area contributed by atoms with Crippen LogP contribution in [0.2, 0.25) is 5.02 Å². The van der Waals surface area contributed by atoms with Crippen molar-refractivity contribution < 1.29 is 13.2 Å². The minimum Gasteiger partial charge on any atom is -0.340 e. The average molecular weight is 400 g/mol. The monoisotopic (exact) mass is 399 g/mol. The molecule has 0 atom stereocenters. The van der Waals surface area contributed by atoms with Crippen molar-refractivity contribution in [3.8, 4) is 0 Å². The van der Waals surface area contributed by atoms with Crippen molar-refractivity contribution >= 4 is 27.7 Å². The summed E-state index contributed by atoms with van der Waals surface area (Å²) in [5.41, 5.74) is 1.04. The fourth-order valence-electron chi connectivity index (χ4n) is 3.61. The van der Waals surface area contributed by atoms with Crippen molar-refractivity contribution in [2.75, 3.05) is 26.2 Å². The van der Waals surface area contributed by atoms with Gasteiger partial charge in [-0.2, -0.15) is 17.4 Å². The lowest BCUT2D eigenvalue weighted by atomic mass is 10.1. The van der Waals surface area contributed by atoms with Gasteiger partial charge in [-0.3, -0.25) is 4.79 Å². The third-order valence-electron chi connectivity index (χ3n) is 5.12. The summed E-state index contributed by atoms with van der Waals surface area (Å²) in [5.74, 6) is 0.0609. The Labute approximate surface area is 160 Å². The van der Waals surface area contributed by atoms with Gasteiger partial charge in [0, 0.05) is 43.7 Å². The van der Waals surface area contributed by atoms with Crippen LogP contribution in [0.25, 0.3) is 0 Å². The zero-order valence-corrected chi connectivity index (χ0v) is 16.4. The van der Waals surface area contributed by atoms with Gasteiger partial charge >= 0.3 is 0 Å². The Kier molecular flexibility index (Phi) is 6.55. The maximum atomic E-state index is 12.5. The van der Waals surface area contributed by atoms with E-state index in [1.807, 2.05) is 24.3 Å². The first-order valence-corrected chi connectivity index (χ1v) is 11.1. The van der Waals surface area contributed by atoms with Gasteiger partial charge < -0.3 is 4.90 Å². The number of carbonyl (C=O) groups excluding carboxylic acids is 1. The van der Waals surface area contributed by atoms with Crippen LogP contribution in [0.3, 0.4) is 0 Å². The first-order chi connectivity index (χ1) is 12.4. The predicted molar refractivity (Wildman–Crippen MR) is 102 cm³/mol. The summed E-state index contributed by atoms with van der Waals surface area (Å²) >= 11 is 5.96. The van der Waals surface area contributed by atoms with Crippen molar-refractivity contribution in [1.29, 1.82) is 0 Å². The van der Waals surface area contributed by atoms with Crippen LogP contribution in [0.1, 0.15) is 37.7 Å². The van der Waals surface area contributed by atoms with Gasteiger partial charge in [-0.05, 0) is 37.0 Å². The lowest BCUT2D eigenvalue weighted by Gasteiger charge is -2.34. The number of hydrogen-bond donors (Lipinski definition) is 1. The van der Waals surface area contributed by atoms with Crippen molar-refractivity contribution in [3.63, 3.8) is 0 Å². The Morgan fingerprint density at radius 1 is 1.15 bits per heavy atom. The number of piperazine rings is 1. The second-order valence-corrected chi connectivity index (χ2v) is 9.15. The van der Waals surface area contributed by atoms with E-state index in [1.54, 1.807) is 4.90 Å². The van der Waals surface area contributed by atoms with Crippen molar-refractivity contribution in [2.24, 2.45) is 0 Å². The Morgan fingerprint density at radius 2 is 1.85 bits per heavy atom. The third kappa shape index (κ3) is 5.19. The lowest BCUT2D eigenvalue weighted by Crippen LogP contribution is -2.54. The molecule has 1 saturated carbocycles. The predicted octanol–water partition coefficient (Wildman–Crippen LogP) is 2.19. The normalized spacial score (nSPS) is 19.8. The second-order valence-electron chi connectivity index (χ2n) is 7.01. The molecular formula is C18H26ClN3O3S. The summed E-state index contributed by atoms with van der Waals surface area (Å²) in [6.45, 7) is 1.59. The molecule has 3 rings (SSSR count). The van der Waals surface area contributed by atoms with Crippen LogP contribution >= 0.6 is 11.6 Å². The van der Waals surface area contributed by atoms with Gasteiger partial charge in [0.2, 0.25) is 5.91 Å². The van der Waals surface area contributed by atoms with E-state index >= 15 is 0 Å². The molecule has 1 amide bonds. The minimum atomic E-state index is -3.45. The van der Waals surface area contributed by atoms with E-state index in [0.717, 1.165) is 31.2 Å². The van der Waals surface area contributed by atoms with Crippen LogP contribution < -0.4 is 4.72 Å². The van der Waals surface area contributed by atoms with E-state index in [2.05, 4.69) is 4.72 Å². The molecular weight excluding hydrogens is 374 g/mol. The molecule has 0 radical (unpaired) electrons. The van der Waals surface area contributed by atoms with Crippen LogP contribution in [0, 0.1) is 0 Å². The molecule has 0 bridgehead atoms. The molecule has 0 unspecified atom stereocenters. The number of carbonyl (C=O) groups is 1. The van der Waals surface area contributed by atoms with Gasteiger partial charge in [-0.25, -0.2) is 0 Å². The van der Waals surface area contributed by atoms with E-state index in [1.165, 1.54) is 4.31 Å². The molecule has 1 saturated heterocycles. The van der Waals surface area contributed by atoms with Crippen molar-refractivity contribution in [3.05, 3.63) is 34.9 Å². The Morgan fingerprint density at radius 3 is 2.50 bits per heavy atom. The number of rotatable bonds is 6. The van der Waals surface area contributed by atoms with E-state index < -0.39 is 10.2 Å². The van der Waals surface area contributed by atoms with Gasteiger partial charge in [-0.15, -0.1) is 0 Å². The number of nitrogens with one attached hydrogen (secondary N) is 1. The largest absolute Gasteiger partial charge is 0.340 e. The molecule has 1 heterocycles. The highest BCUT2D eigenvalue weighted by Crippen LogP contribution is 2.20. The van der Waals surface area contributed by atoms with Crippen LogP contribution in [-0.2, 0) is 21.4 Å².